The monoisotopic (exact) mass is 251 g/mol. The van der Waals surface area contributed by atoms with Crippen LogP contribution in [0.15, 0.2) is 0 Å². The largest absolute Gasteiger partial charge is 0.394 e. The fourth-order valence-electron chi connectivity index (χ4n) is 2.27. The molecule has 0 radical (unpaired) electrons. The average Bonchev–Trinajstić information content (AvgIpc) is 2.60. The first-order valence-electron chi connectivity index (χ1n) is 6.32. The fourth-order valence-corrected chi connectivity index (χ4v) is 2.27. The lowest BCUT2D eigenvalue weighted by molar-refractivity contribution is -0.122. The first-order valence-corrected chi connectivity index (χ1v) is 6.32. The van der Waals surface area contributed by atoms with E-state index in [1.807, 2.05) is 23.4 Å². The Bertz CT molecular complexity index is 465. The second-order valence-electron chi connectivity index (χ2n) is 5.02. The molecule has 0 bridgehead atoms. The Labute approximate surface area is 107 Å². The molecule has 6 heteroatoms. The number of hydrogen-bond acceptors (Lipinski definition) is 4. The summed E-state index contributed by atoms with van der Waals surface area (Å²) in [5.74, 6) is 0.902. The van der Waals surface area contributed by atoms with Gasteiger partial charge >= 0.3 is 0 Å². The number of piperazine rings is 1. The quantitative estimate of drug-likeness (QED) is 0.810. The van der Waals surface area contributed by atoms with Crippen LogP contribution in [0.5, 0.6) is 0 Å². The van der Waals surface area contributed by atoms with Crippen LogP contribution in [-0.4, -0.2) is 34.8 Å². The number of nitrogens with zero attached hydrogens (tertiary/aromatic N) is 3. The minimum atomic E-state index is -0.213. The van der Waals surface area contributed by atoms with Crippen molar-refractivity contribution in [3.63, 3.8) is 0 Å². The maximum Gasteiger partial charge on any atom is 0.242 e. The summed E-state index contributed by atoms with van der Waals surface area (Å²) in [6.45, 7) is 9.31. The summed E-state index contributed by atoms with van der Waals surface area (Å²) in [6, 6.07) is 0.00263. The molecule has 100 valence electrons. The van der Waals surface area contributed by atoms with Gasteiger partial charge in [-0.15, -0.1) is 0 Å². The van der Waals surface area contributed by atoms with Crippen LogP contribution in [0.4, 0.5) is 11.5 Å². The van der Waals surface area contributed by atoms with E-state index in [1.54, 1.807) is 0 Å². The average molecular weight is 251 g/mol. The van der Waals surface area contributed by atoms with Gasteiger partial charge in [0.25, 0.3) is 0 Å². The molecular formula is C12H21N5O. The van der Waals surface area contributed by atoms with E-state index in [1.165, 1.54) is 0 Å². The van der Waals surface area contributed by atoms with Gasteiger partial charge in [0.15, 0.2) is 5.82 Å². The molecule has 1 amide bonds. The minimum absolute atomic E-state index is 0.0369. The van der Waals surface area contributed by atoms with E-state index in [2.05, 4.69) is 24.3 Å². The van der Waals surface area contributed by atoms with Crippen LogP contribution in [0, 0.1) is 6.92 Å². The van der Waals surface area contributed by atoms with Crippen LogP contribution in [0.1, 0.15) is 32.5 Å². The fraction of sp³-hybridized carbons (Fsp3) is 0.667. The van der Waals surface area contributed by atoms with E-state index in [0.29, 0.717) is 12.2 Å². The highest BCUT2D eigenvalue weighted by Gasteiger charge is 2.30. The second kappa shape index (κ2) is 4.51. The molecule has 0 saturated carbocycles. The zero-order valence-electron chi connectivity index (χ0n) is 11.4. The molecule has 0 aromatic carbocycles. The third-order valence-electron chi connectivity index (χ3n) is 3.37. The topological polar surface area (TPSA) is 76.2 Å². The molecule has 1 fully saturated rings. The van der Waals surface area contributed by atoms with Crippen LogP contribution in [0.3, 0.4) is 0 Å². The van der Waals surface area contributed by atoms with Gasteiger partial charge in [-0.1, -0.05) is 0 Å². The first-order chi connectivity index (χ1) is 8.43. The minimum Gasteiger partial charge on any atom is -0.394 e. The van der Waals surface area contributed by atoms with Gasteiger partial charge in [0.05, 0.1) is 11.4 Å². The first kappa shape index (κ1) is 12.7. The molecule has 1 unspecified atom stereocenters. The van der Waals surface area contributed by atoms with Gasteiger partial charge in [-0.3, -0.25) is 4.79 Å². The number of carbonyl (C=O) groups excluding carboxylic acids is 1. The number of anilines is 2. The molecule has 3 N–H and O–H groups in total. The predicted octanol–water partition coefficient (Wildman–Crippen LogP) is 0.679. The SMILES string of the molecule is Cc1nn(C(C)C)c(N2CCNC(=O)C2C)c1N. The lowest BCUT2D eigenvalue weighted by Gasteiger charge is -2.35. The summed E-state index contributed by atoms with van der Waals surface area (Å²) >= 11 is 0. The predicted molar refractivity (Wildman–Crippen MR) is 71.6 cm³/mol. The smallest absolute Gasteiger partial charge is 0.242 e. The molecule has 1 aliphatic heterocycles. The van der Waals surface area contributed by atoms with Crippen LogP contribution in [0.2, 0.25) is 0 Å². The van der Waals surface area contributed by atoms with Gasteiger partial charge in [-0.2, -0.15) is 5.10 Å². The highest BCUT2D eigenvalue weighted by atomic mass is 16.2. The second-order valence-corrected chi connectivity index (χ2v) is 5.02. The molecule has 0 spiro atoms. The van der Waals surface area contributed by atoms with Crippen molar-refractivity contribution in [2.24, 2.45) is 0 Å². The summed E-state index contributed by atoms with van der Waals surface area (Å²) in [4.78, 5) is 13.8. The van der Waals surface area contributed by atoms with Gasteiger partial charge in [-0.25, -0.2) is 4.68 Å². The Balaban J connectivity index is 2.46. The van der Waals surface area contributed by atoms with Crippen molar-refractivity contribution < 1.29 is 4.79 Å². The summed E-state index contributed by atoms with van der Waals surface area (Å²) < 4.78 is 1.90. The van der Waals surface area contributed by atoms with Crippen molar-refractivity contribution in [2.45, 2.75) is 39.8 Å². The normalized spacial score (nSPS) is 20.4. The maximum absolute atomic E-state index is 11.8. The van der Waals surface area contributed by atoms with Crippen molar-refractivity contribution >= 4 is 17.4 Å². The number of aryl methyl sites for hydroxylation is 1. The molecule has 1 saturated heterocycles. The van der Waals surface area contributed by atoms with Gasteiger partial charge in [0.2, 0.25) is 5.91 Å². The van der Waals surface area contributed by atoms with E-state index in [-0.39, 0.29) is 18.0 Å². The van der Waals surface area contributed by atoms with Crippen LogP contribution in [0.25, 0.3) is 0 Å². The summed E-state index contributed by atoms with van der Waals surface area (Å²) in [5.41, 5.74) is 7.61. The van der Waals surface area contributed by atoms with Gasteiger partial charge in [-0.05, 0) is 27.7 Å². The Morgan fingerprint density at radius 3 is 2.78 bits per heavy atom. The number of amides is 1. The summed E-state index contributed by atoms with van der Waals surface area (Å²) in [5, 5.41) is 7.32. The molecule has 6 nitrogen and oxygen atoms in total. The molecule has 0 aliphatic carbocycles. The summed E-state index contributed by atoms with van der Waals surface area (Å²) in [6.07, 6.45) is 0. The third-order valence-corrected chi connectivity index (χ3v) is 3.37. The van der Waals surface area contributed by atoms with Gasteiger partial charge in [0, 0.05) is 19.1 Å². The van der Waals surface area contributed by atoms with Crippen LogP contribution in [-0.2, 0) is 4.79 Å². The summed E-state index contributed by atoms with van der Waals surface area (Å²) in [7, 11) is 0. The van der Waals surface area contributed by atoms with E-state index >= 15 is 0 Å². The number of hydrogen-bond donors (Lipinski definition) is 2. The van der Waals surface area contributed by atoms with Gasteiger partial charge in [0.1, 0.15) is 6.04 Å². The Kier molecular flexibility index (Phi) is 3.19. The molecular weight excluding hydrogens is 230 g/mol. The highest BCUT2D eigenvalue weighted by Crippen LogP contribution is 2.31. The molecule has 1 aromatic rings. The number of nitrogens with one attached hydrogen (secondary N) is 1. The molecule has 18 heavy (non-hydrogen) atoms. The third kappa shape index (κ3) is 1.91. The van der Waals surface area contributed by atoms with Crippen molar-refractivity contribution in [2.75, 3.05) is 23.7 Å². The lowest BCUT2D eigenvalue weighted by atomic mass is 10.2. The van der Waals surface area contributed by atoms with E-state index < -0.39 is 0 Å². The van der Waals surface area contributed by atoms with Gasteiger partial charge < -0.3 is 16.0 Å². The lowest BCUT2D eigenvalue weighted by Crippen LogP contribution is -2.54. The van der Waals surface area contributed by atoms with Crippen LogP contribution >= 0.6 is 0 Å². The molecule has 2 rings (SSSR count). The molecule has 1 aromatic heterocycles. The zero-order chi connectivity index (χ0) is 13.4. The van der Waals surface area contributed by atoms with E-state index in [0.717, 1.165) is 18.1 Å². The number of aromatic nitrogens is 2. The van der Waals surface area contributed by atoms with E-state index in [4.69, 9.17) is 5.73 Å². The van der Waals surface area contributed by atoms with E-state index in [9.17, 15) is 4.79 Å². The Morgan fingerprint density at radius 1 is 1.50 bits per heavy atom. The molecule has 1 aliphatic rings. The van der Waals surface area contributed by atoms with Crippen molar-refractivity contribution in [1.82, 2.24) is 15.1 Å². The number of rotatable bonds is 2. The standard InChI is InChI=1S/C12H21N5O/c1-7(2)17-12(10(13)8(3)15-17)16-6-5-14-11(18)9(16)4/h7,9H,5-6,13H2,1-4H3,(H,14,18). The van der Waals surface area contributed by atoms with Crippen molar-refractivity contribution in [3.8, 4) is 0 Å². The zero-order valence-corrected chi connectivity index (χ0v) is 11.4. The molecule has 1 atom stereocenters. The Hall–Kier alpha value is -1.72. The van der Waals surface area contributed by atoms with Crippen molar-refractivity contribution in [3.05, 3.63) is 5.69 Å². The number of nitrogen functional groups attached to an aromatic ring is 1. The maximum atomic E-state index is 11.8. The Morgan fingerprint density at radius 2 is 2.17 bits per heavy atom. The highest BCUT2D eigenvalue weighted by molar-refractivity contribution is 5.87. The van der Waals surface area contributed by atoms with Crippen LogP contribution < -0.4 is 16.0 Å². The van der Waals surface area contributed by atoms with Crippen molar-refractivity contribution in [1.29, 1.82) is 0 Å². The molecule has 2 heterocycles. The number of nitrogens with two attached hydrogens (primary N) is 1. The number of carbonyl (C=O) groups is 1.